The van der Waals surface area contributed by atoms with Crippen LogP contribution in [0.3, 0.4) is 0 Å². The molecule has 0 N–H and O–H groups in total. The van der Waals surface area contributed by atoms with Crippen molar-refractivity contribution in [3.05, 3.63) is 0 Å². The number of hydroxylamine groups is 2. The van der Waals surface area contributed by atoms with Gasteiger partial charge in [0.05, 0.1) is 20.3 Å². The smallest absolute Gasteiger partial charge is 0.433 e. The van der Waals surface area contributed by atoms with E-state index in [4.69, 9.17) is 9.57 Å². The van der Waals surface area contributed by atoms with Crippen LogP contribution in [0, 0.1) is 0 Å². The first-order valence-electron chi connectivity index (χ1n) is 4.24. The lowest BCUT2D eigenvalue weighted by Gasteiger charge is -2.17. The van der Waals surface area contributed by atoms with Crippen molar-refractivity contribution < 1.29 is 14.4 Å². The maximum absolute atomic E-state index is 11.1. The summed E-state index contributed by atoms with van der Waals surface area (Å²) in [6, 6.07) is 0. The molecule has 0 aliphatic rings. The molecule has 0 saturated carbocycles. The van der Waals surface area contributed by atoms with Crippen LogP contribution in [0.1, 0.15) is 26.7 Å². The van der Waals surface area contributed by atoms with Gasteiger partial charge in [0.2, 0.25) is 0 Å². The largest absolute Gasteiger partial charge is 0.448 e. The average Bonchev–Trinajstić information content (AvgIpc) is 2.06. The molecule has 1 amide bonds. The Morgan fingerprint density at radius 1 is 1.42 bits per heavy atom. The summed E-state index contributed by atoms with van der Waals surface area (Å²) in [4.78, 5) is 15.9. The molecule has 0 heterocycles. The van der Waals surface area contributed by atoms with Gasteiger partial charge in [0.15, 0.2) is 0 Å². The molecule has 0 unspecified atom stereocenters. The highest BCUT2D eigenvalue weighted by atomic mass is 16.7. The Morgan fingerprint density at radius 2 is 2.08 bits per heavy atom. The van der Waals surface area contributed by atoms with Crippen LogP contribution in [0.15, 0.2) is 0 Å². The summed E-state index contributed by atoms with van der Waals surface area (Å²) in [6.45, 7) is 4.79. The zero-order chi connectivity index (χ0) is 9.40. The molecule has 0 rings (SSSR count). The predicted octanol–water partition coefficient (Wildman–Crippen LogP) is 1.81. The standard InChI is InChI=1S/C8H17NO3/c1-4-6-7-9(11-3)8(10)12-5-2/h4-7H2,1-3H3. The Bertz CT molecular complexity index is 127. The molecule has 0 saturated heterocycles. The fraction of sp³-hybridized carbons (Fsp3) is 0.875. The van der Waals surface area contributed by atoms with E-state index < -0.39 is 6.09 Å². The predicted molar refractivity (Wildman–Crippen MR) is 45.6 cm³/mol. The fourth-order valence-corrected chi connectivity index (χ4v) is 0.754. The van der Waals surface area contributed by atoms with Gasteiger partial charge in [-0.25, -0.2) is 4.79 Å². The lowest BCUT2D eigenvalue weighted by Crippen LogP contribution is -2.31. The van der Waals surface area contributed by atoms with Gasteiger partial charge >= 0.3 is 6.09 Å². The minimum Gasteiger partial charge on any atom is -0.448 e. The number of hydrogen-bond acceptors (Lipinski definition) is 3. The molecule has 0 fully saturated rings. The lowest BCUT2D eigenvalue weighted by atomic mass is 10.3. The van der Waals surface area contributed by atoms with Crippen molar-refractivity contribution in [2.75, 3.05) is 20.3 Å². The molecule has 4 heteroatoms. The molecule has 0 bridgehead atoms. The number of amides is 1. The second-order valence-electron chi connectivity index (χ2n) is 2.34. The minimum atomic E-state index is -0.409. The minimum absolute atomic E-state index is 0.380. The highest BCUT2D eigenvalue weighted by Crippen LogP contribution is 1.98. The van der Waals surface area contributed by atoms with E-state index in [-0.39, 0.29) is 0 Å². The Labute approximate surface area is 73.4 Å². The number of rotatable bonds is 5. The van der Waals surface area contributed by atoms with Crippen LogP contribution in [0.2, 0.25) is 0 Å². The van der Waals surface area contributed by atoms with Crippen molar-refractivity contribution in [2.24, 2.45) is 0 Å². The Hall–Kier alpha value is -0.770. The first-order chi connectivity index (χ1) is 5.76. The summed E-state index contributed by atoms with van der Waals surface area (Å²) in [7, 11) is 1.46. The maximum Gasteiger partial charge on any atom is 0.433 e. The molecule has 0 aromatic heterocycles. The van der Waals surface area contributed by atoms with Gasteiger partial charge in [-0.3, -0.25) is 4.84 Å². The third-order valence-corrected chi connectivity index (χ3v) is 1.41. The Kier molecular flexibility index (Phi) is 6.47. The van der Waals surface area contributed by atoms with Crippen LogP contribution in [0.4, 0.5) is 4.79 Å². The van der Waals surface area contributed by atoms with Crippen LogP contribution >= 0.6 is 0 Å². The van der Waals surface area contributed by atoms with E-state index in [0.29, 0.717) is 13.2 Å². The van der Waals surface area contributed by atoms with E-state index in [1.807, 2.05) is 0 Å². The third-order valence-electron chi connectivity index (χ3n) is 1.41. The normalized spacial score (nSPS) is 9.58. The number of nitrogens with zero attached hydrogens (tertiary/aromatic N) is 1. The van der Waals surface area contributed by atoms with E-state index >= 15 is 0 Å². The van der Waals surface area contributed by atoms with Crippen LogP contribution in [0.5, 0.6) is 0 Å². The Balaban J connectivity index is 3.71. The number of carbonyl (C=O) groups excluding carboxylic acids is 1. The fourth-order valence-electron chi connectivity index (χ4n) is 0.754. The first kappa shape index (κ1) is 11.2. The summed E-state index contributed by atoms with van der Waals surface area (Å²) in [5.41, 5.74) is 0. The van der Waals surface area contributed by atoms with Crippen LogP contribution in [0.25, 0.3) is 0 Å². The highest BCUT2D eigenvalue weighted by molar-refractivity contribution is 5.66. The summed E-state index contributed by atoms with van der Waals surface area (Å²) in [5.74, 6) is 0. The van der Waals surface area contributed by atoms with Gasteiger partial charge in [0, 0.05) is 0 Å². The van der Waals surface area contributed by atoms with Gasteiger partial charge < -0.3 is 4.74 Å². The molecule has 0 aromatic rings. The molecule has 12 heavy (non-hydrogen) atoms. The summed E-state index contributed by atoms with van der Waals surface area (Å²) in [5, 5.41) is 1.23. The summed E-state index contributed by atoms with van der Waals surface area (Å²) >= 11 is 0. The lowest BCUT2D eigenvalue weighted by molar-refractivity contribution is -0.109. The van der Waals surface area contributed by atoms with Gasteiger partial charge in [-0.1, -0.05) is 13.3 Å². The summed E-state index contributed by atoms with van der Waals surface area (Å²) < 4.78 is 4.75. The van der Waals surface area contributed by atoms with Crippen LogP contribution in [-0.4, -0.2) is 31.4 Å². The SMILES string of the molecule is CCCCN(OC)C(=O)OCC. The molecule has 0 radical (unpaired) electrons. The van der Waals surface area contributed by atoms with Crippen molar-refractivity contribution in [1.29, 1.82) is 0 Å². The van der Waals surface area contributed by atoms with Gasteiger partial charge in [0.25, 0.3) is 0 Å². The quantitative estimate of drug-likeness (QED) is 0.598. The molecule has 0 aliphatic carbocycles. The second kappa shape index (κ2) is 6.91. The first-order valence-corrected chi connectivity index (χ1v) is 4.24. The molecule has 4 nitrogen and oxygen atoms in total. The van der Waals surface area contributed by atoms with Gasteiger partial charge in [0.1, 0.15) is 0 Å². The van der Waals surface area contributed by atoms with E-state index in [2.05, 4.69) is 6.92 Å². The number of ether oxygens (including phenoxy) is 1. The van der Waals surface area contributed by atoms with Gasteiger partial charge in [-0.05, 0) is 13.3 Å². The van der Waals surface area contributed by atoms with Crippen molar-refractivity contribution in [3.63, 3.8) is 0 Å². The molecule has 0 aliphatic heterocycles. The maximum atomic E-state index is 11.1. The van der Waals surface area contributed by atoms with Crippen LogP contribution in [-0.2, 0) is 9.57 Å². The topological polar surface area (TPSA) is 38.8 Å². The van der Waals surface area contributed by atoms with Gasteiger partial charge in [-0.2, -0.15) is 5.06 Å². The van der Waals surface area contributed by atoms with Crippen molar-refractivity contribution in [3.8, 4) is 0 Å². The summed E-state index contributed by atoms with van der Waals surface area (Å²) in [6.07, 6.45) is 1.54. The zero-order valence-electron chi connectivity index (χ0n) is 8.00. The van der Waals surface area contributed by atoms with Crippen molar-refractivity contribution in [1.82, 2.24) is 5.06 Å². The van der Waals surface area contributed by atoms with E-state index in [1.54, 1.807) is 6.92 Å². The molecule has 0 spiro atoms. The van der Waals surface area contributed by atoms with Crippen molar-refractivity contribution in [2.45, 2.75) is 26.7 Å². The monoisotopic (exact) mass is 175 g/mol. The number of hydrogen-bond donors (Lipinski definition) is 0. The second-order valence-corrected chi connectivity index (χ2v) is 2.34. The number of unbranched alkanes of at least 4 members (excludes halogenated alkanes) is 1. The molecular weight excluding hydrogens is 158 g/mol. The van der Waals surface area contributed by atoms with Crippen molar-refractivity contribution >= 4 is 6.09 Å². The number of carbonyl (C=O) groups is 1. The van der Waals surface area contributed by atoms with Gasteiger partial charge in [-0.15, -0.1) is 0 Å². The van der Waals surface area contributed by atoms with E-state index in [1.165, 1.54) is 12.2 Å². The zero-order valence-corrected chi connectivity index (χ0v) is 8.00. The molecule has 72 valence electrons. The average molecular weight is 175 g/mol. The molecule has 0 aromatic carbocycles. The van der Waals surface area contributed by atoms with E-state index in [9.17, 15) is 4.79 Å². The Morgan fingerprint density at radius 3 is 2.50 bits per heavy atom. The third kappa shape index (κ3) is 4.18. The molecular formula is C8H17NO3. The highest BCUT2D eigenvalue weighted by Gasteiger charge is 2.12. The van der Waals surface area contributed by atoms with E-state index in [0.717, 1.165) is 12.8 Å². The van der Waals surface area contributed by atoms with Crippen LogP contribution < -0.4 is 0 Å². The molecule has 0 atom stereocenters.